The lowest BCUT2D eigenvalue weighted by atomic mass is 9.37. The smallest absolute Gasteiger partial charge is 0.306 e. The quantitative estimate of drug-likeness (QED) is 0.613. The zero-order valence-corrected chi connectivity index (χ0v) is 18.1. The van der Waals surface area contributed by atoms with Gasteiger partial charge in [-0.1, -0.05) is 45.8 Å². The first kappa shape index (κ1) is 19.2. The van der Waals surface area contributed by atoms with Crippen molar-refractivity contribution in [1.82, 2.24) is 0 Å². The molecule has 3 nitrogen and oxygen atoms in total. The van der Waals surface area contributed by atoms with Crippen molar-refractivity contribution in [2.45, 2.75) is 66.2 Å². The van der Waals surface area contributed by atoms with Crippen LogP contribution in [0.4, 0.5) is 0 Å². The number of aliphatic carboxylic acids is 1. The van der Waals surface area contributed by atoms with Crippen molar-refractivity contribution in [3.63, 3.8) is 0 Å². The molecule has 0 aromatic heterocycles. The van der Waals surface area contributed by atoms with Crippen molar-refractivity contribution in [3.8, 4) is 0 Å². The number of carboxylic acids is 1. The summed E-state index contributed by atoms with van der Waals surface area (Å²) in [5.74, 6) is 3.65. The zero-order valence-electron chi connectivity index (χ0n) is 18.1. The van der Waals surface area contributed by atoms with Crippen LogP contribution in [-0.2, 0) is 9.53 Å². The van der Waals surface area contributed by atoms with Gasteiger partial charge in [0.25, 0.3) is 0 Å². The molecule has 0 aromatic rings. The number of hydrogen-bond acceptors (Lipinski definition) is 2. The number of ether oxygens (including phenoxy) is 1. The first-order chi connectivity index (χ1) is 13.3. The molecule has 0 aromatic carbocycles. The Morgan fingerprint density at radius 2 is 1.86 bits per heavy atom. The van der Waals surface area contributed by atoms with Crippen molar-refractivity contribution >= 4 is 5.97 Å². The van der Waals surface area contributed by atoms with Crippen LogP contribution in [0.15, 0.2) is 11.6 Å². The van der Waals surface area contributed by atoms with E-state index >= 15 is 0 Å². The monoisotopic (exact) mass is 386 g/mol. The zero-order chi connectivity index (χ0) is 19.8. The molecule has 1 heterocycles. The van der Waals surface area contributed by atoms with Crippen molar-refractivity contribution in [2.75, 3.05) is 13.2 Å². The highest BCUT2D eigenvalue weighted by molar-refractivity contribution is 5.70. The Hall–Kier alpha value is -0.830. The third-order valence-corrected chi connectivity index (χ3v) is 10.9. The molecule has 0 amide bonds. The van der Waals surface area contributed by atoms with Crippen molar-refractivity contribution < 1.29 is 14.6 Å². The van der Waals surface area contributed by atoms with Crippen molar-refractivity contribution in [2.24, 2.45) is 58.2 Å². The molecular weight excluding hydrogens is 348 g/mol. The van der Waals surface area contributed by atoms with E-state index in [0.29, 0.717) is 35.5 Å². The maximum absolute atomic E-state index is 11.9. The minimum absolute atomic E-state index is 0.123. The van der Waals surface area contributed by atoms with Gasteiger partial charge in [0.2, 0.25) is 0 Å². The number of carboxylic acid groups (broad SMARTS) is 1. The number of carbonyl (C=O) groups is 1. The van der Waals surface area contributed by atoms with Gasteiger partial charge in [0.15, 0.2) is 0 Å². The van der Waals surface area contributed by atoms with E-state index in [-0.39, 0.29) is 16.7 Å². The number of fused-ring (bicyclic) bond motifs is 3. The third-order valence-electron chi connectivity index (χ3n) is 10.9. The maximum Gasteiger partial charge on any atom is 0.306 e. The van der Waals surface area contributed by atoms with E-state index < -0.39 is 5.97 Å². The Kier molecular flexibility index (Phi) is 4.33. The Morgan fingerprint density at radius 3 is 2.61 bits per heavy atom. The summed E-state index contributed by atoms with van der Waals surface area (Å²) in [6.45, 7) is 11.8. The summed E-state index contributed by atoms with van der Waals surface area (Å²) in [6.07, 6.45) is 9.31. The summed E-state index contributed by atoms with van der Waals surface area (Å²) in [4.78, 5) is 11.9. The van der Waals surface area contributed by atoms with Crippen LogP contribution >= 0.6 is 0 Å². The highest BCUT2D eigenvalue weighted by Gasteiger charge is 2.66. The SMILES string of the molecule is CC1C(C)C2(C)COCC3(C4=CCC5C(C(=O)O)CCCC5C4CCC23)C1C. The number of hydrogen-bond donors (Lipinski definition) is 1. The van der Waals surface area contributed by atoms with E-state index in [1.807, 2.05) is 0 Å². The normalized spacial score (nSPS) is 55.4. The maximum atomic E-state index is 11.9. The van der Waals surface area contributed by atoms with Gasteiger partial charge < -0.3 is 9.84 Å². The molecule has 0 radical (unpaired) electrons. The standard InChI is InChI=1S/C25H38O3/c1-14-15(2)24(4)12-28-13-25(16(14)3)21-10-8-18-17(19(21)9-11-22(24)25)6-5-7-20(18)23(26)27/h10,14-20,22H,5-9,11-13H2,1-4H3,(H,26,27). The van der Waals surface area contributed by atoms with Crippen LogP contribution < -0.4 is 0 Å². The molecule has 1 saturated heterocycles. The molecule has 5 rings (SSSR count). The summed E-state index contributed by atoms with van der Waals surface area (Å²) in [7, 11) is 0. The van der Waals surface area contributed by atoms with Gasteiger partial charge in [-0.05, 0) is 78.9 Å². The second-order valence-electron chi connectivity index (χ2n) is 11.3. The van der Waals surface area contributed by atoms with Gasteiger partial charge in [0.1, 0.15) is 0 Å². The Balaban J connectivity index is 1.59. The summed E-state index contributed by atoms with van der Waals surface area (Å²) < 4.78 is 6.40. The topological polar surface area (TPSA) is 46.5 Å². The number of allylic oxidation sites excluding steroid dienone is 1. The molecule has 2 bridgehead atoms. The first-order valence-corrected chi connectivity index (χ1v) is 11.8. The molecular formula is C25H38O3. The fourth-order valence-corrected chi connectivity index (χ4v) is 9.11. The highest BCUT2D eigenvalue weighted by Crippen LogP contribution is 2.70. The second kappa shape index (κ2) is 6.33. The molecule has 28 heavy (non-hydrogen) atoms. The van der Waals surface area contributed by atoms with Crippen LogP contribution in [0.1, 0.15) is 66.2 Å². The fraction of sp³-hybridized carbons (Fsp3) is 0.880. The van der Waals surface area contributed by atoms with E-state index in [0.717, 1.165) is 38.4 Å². The van der Waals surface area contributed by atoms with E-state index in [2.05, 4.69) is 33.8 Å². The van der Waals surface area contributed by atoms with Crippen LogP contribution in [0.5, 0.6) is 0 Å². The van der Waals surface area contributed by atoms with E-state index in [4.69, 9.17) is 4.74 Å². The van der Waals surface area contributed by atoms with Crippen molar-refractivity contribution in [3.05, 3.63) is 11.6 Å². The lowest BCUT2D eigenvalue weighted by Gasteiger charge is -2.69. The molecule has 4 aliphatic carbocycles. The van der Waals surface area contributed by atoms with Gasteiger partial charge in [-0.2, -0.15) is 0 Å². The van der Waals surface area contributed by atoms with Gasteiger partial charge >= 0.3 is 5.97 Å². The van der Waals surface area contributed by atoms with Crippen LogP contribution in [0.2, 0.25) is 0 Å². The Labute approximate surface area is 170 Å². The van der Waals surface area contributed by atoms with Crippen LogP contribution in [0.25, 0.3) is 0 Å². The predicted octanol–water partition coefficient (Wildman–Crippen LogP) is 5.40. The molecule has 10 atom stereocenters. The lowest BCUT2D eigenvalue weighted by Crippen LogP contribution is -2.66. The summed E-state index contributed by atoms with van der Waals surface area (Å²) in [5, 5.41) is 9.80. The van der Waals surface area contributed by atoms with E-state index in [1.165, 1.54) is 19.3 Å². The van der Waals surface area contributed by atoms with Gasteiger partial charge in [-0.25, -0.2) is 0 Å². The molecule has 4 fully saturated rings. The van der Waals surface area contributed by atoms with Crippen LogP contribution in [0, 0.1) is 58.2 Å². The second-order valence-corrected chi connectivity index (χ2v) is 11.3. The number of rotatable bonds is 1. The minimum Gasteiger partial charge on any atom is -0.481 e. The van der Waals surface area contributed by atoms with Gasteiger partial charge in [0, 0.05) is 5.41 Å². The lowest BCUT2D eigenvalue weighted by molar-refractivity contribution is -0.230. The molecule has 1 aliphatic heterocycles. The predicted molar refractivity (Wildman–Crippen MR) is 110 cm³/mol. The van der Waals surface area contributed by atoms with Gasteiger partial charge in [-0.3, -0.25) is 4.79 Å². The molecule has 156 valence electrons. The van der Waals surface area contributed by atoms with Gasteiger partial charge in [-0.15, -0.1) is 0 Å². The van der Waals surface area contributed by atoms with Crippen LogP contribution in [-0.4, -0.2) is 24.3 Å². The molecule has 1 N–H and O–H groups in total. The highest BCUT2D eigenvalue weighted by atomic mass is 16.5. The van der Waals surface area contributed by atoms with Gasteiger partial charge in [0.05, 0.1) is 19.1 Å². The molecule has 0 spiro atoms. The molecule has 10 unspecified atom stereocenters. The average Bonchev–Trinajstić information content (AvgIpc) is 2.70. The van der Waals surface area contributed by atoms with Crippen molar-refractivity contribution in [1.29, 1.82) is 0 Å². The summed E-state index contributed by atoms with van der Waals surface area (Å²) in [5.41, 5.74) is 2.18. The Morgan fingerprint density at radius 1 is 1.07 bits per heavy atom. The molecule has 3 heteroatoms. The minimum atomic E-state index is -0.555. The molecule has 5 aliphatic rings. The van der Waals surface area contributed by atoms with E-state index in [9.17, 15) is 9.90 Å². The average molecular weight is 387 g/mol. The fourth-order valence-electron chi connectivity index (χ4n) is 9.11. The third kappa shape index (κ3) is 2.23. The summed E-state index contributed by atoms with van der Waals surface area (Å²) >= 11 is 0. The Bertz CT molecular complexity index is 698. The largest absolute Gasteiger partial charge is 0.481 e. The molecule has 3 saturated carbocycles. The first-order valence-electron chi connectivity index (χ1n) is 11.8. The summed E-state index contributed by atoms with van der Waals surface area (Å²) in [6, 6.07) is 0. The van der Waals surface area contributed by atoms with Crippen LogP contribution in [0.3, 0.4) is 0 Å². The van der Waals surface area contributed by atoms with E-state index in [1.54, 1.807) is 5.57 Å².